The summed E-state index contributed by atoms with van der Waals surface area (Å²) >= 11 is 5.83. The first-order valence-corrected chi connectivity index (χ1v) is 4.57. The Morgan fingerprint density at radius 2 is 2.33 bits per heavy atom. The third kappa shape index (κ3) is 3.24. The topological polar surface area (TPSA) is 12.0 Å². The summed E-state index contributed by atoms with van der Waals surface area (Å²) in [6.45, 7) is 1.03. The molecule has 0 aromatic carbocycles. The van der Waals surface area contributed by atoms with Crippen LogP contribution in [0.4, 0.5) is 0 Å². The van der Waals surface area contributed by atoms with Crippen molar-refractivity contribution in [3.8, 4) is 0 Å². The number of allylic oxidation sites excluding steroid dienone is 5. The third-order valence-corrected chi connectivity index (χ3v) is 2.08. The molecule has 66 valence electrons. The lowest BCUT2D eigenvalue weighted by Gasteiger charge is -2.01. The Bertz CT molecular complexity index is 226. The summed E-state index contributed by atoms with van der Waals surface area (Å²) in [6.07, 6.45) is 10.2. The van der Waals surface area contributed by atoms with Gasteiger partial charge in [0.25, 0.3) is 0 Å². The lowest BCUT2D eigenvalue weighted by molar-refractivity contribution is 0.776. The average Bonchev–Trinajstić information content (AvgIpc) is 2.27. The zero-order valence-corrected chi connectivity index (χ0v) is 8.06. The molecule has 0 saturated heterocycles. The van der Waals surface area contributed by atoms with Gasteiger partial charge in [-0.05, 0) is 38.6 Å². The molecule has 1 rings (SSSR count). The Morgan fingerprint density at radius 3 is 3.08 bits per heavy atom. The van der Waals surface area contributed by atoms with Crippen molar-refractivity contribution >= 4 is 11.6 Å². The lowest BCUT2D eigenvalue weighted by atomic mass is 10.1. The third-order valence-electron chi connectivity index (χ3n) is 1.83. The highest BCUT2D eigenvalue weighted by Gasteiger charge is 1.96. The fourth-order valence-electron chi connectivity index (χ4n) is 1.11. The lowest BCUT2D eigenvalue weighted by Crippen LogP contribution is -2.08. The first-order chi connectivity index (χ1) is 5.83. The second-order valence-electron chi connectivity index (χ2n) is 2.84. The van der Waals surface area contributed by atoms with Gasteiger partial charge >= 0.3 is 0 Å². The first kappa shape index (κ1) is 9.56. The van der Waals surface area contributed by atoms with Crippen LogP contribution in [0.2, 0.25) is 0 Å². The van der Waals surface area contributed by atoms with Crippen molar-refractivity contribution in [3.05, 3.63) is 34.9 Å². The van der Waals surface area contributed by atoms with Crippen LogP contribution < -0.4 is 5.32 Å². The Morgan fingerprint density at radius 1 is 1.50 bits per heavy atom. The van der Waals surface area contributed by atoms with E-state index < -0.39 is 0 Å². The van der Waals surface area contributed by atoms with Gasteiger partial charge in [-0.15, -0.1) is 0 Å². The first-order valence-electron chi connectivity index (χ1n) is 4.19. The van der Waals surface area contributed by atoms with Crippen LogP contribution >= 0.6 is 11.6 Å². The quantitative estimate of drug-likeness (QED) is 0.710. The summed E-state index contributed by atoms with van der Waals surface area (Å²) in [4.78, 5) is 0. The number of halogens is 1. The Balaban J connectivity index is 2.50. The molecule has 1 aliphatic rings. The largest absolute Gasteiger partial charge is 0.319 e. The van der Waals surface area contributed by atoms with Gasteiger partial charge in [0.15, 0.2) is 0 Å². The fourth-order valence-corrected chi connectivity index (χ4v) is 1.27. The van der Waals surface area contributed by atoms with Crippen LogP contribution in [0, 0.1) is 0 Å². The molecule has 0 unspecified atom stereocenters. The van der Waals surface area contributed by atoms with Crippen LogP contribution in [0.3, 0.4) is 0 Å². The van der Waals surface area contributed by atoms with E-state index in [-0.39, 0.29) is 0 Å². The standard InChI is InChI=1S/C10H14ClN/c1-12-8-7-9-3-2-4-10(11)6-5-9/h2,4-6,12H,3,7-8H2,1H3. The molecule has 0 fully saturated rings. The van der Waals surface area contributed by atoms with Gasteiger partial charge in [-0.1, -0.05) is 29.3 Å². The highest BCUT2D eigenvalue weighted by Crippen LogP contribution is 2.15. The summed E-state index contributed by atoms with van der Waals surface area (Å²) < 4.78 is 0. The fraction of sp³-hybridized carbons (Fsp3) is 0.400. The summed E-state index contributed by atoms with van der Waals surface area (Å²) in [5, 5.41) is 3.94. The van der Waals surface area contributed by atoms with Gasteiger partial charge in [0.2, 0.25) is 0 Å². The van der Waals surface area contributed by atoms with Crippen LogP contribution in [0.15, 0.2) is 34.9 Å². The van der Waals surface area contributed by atoms with Crippen LogP contribution in [0.25, 0.3) is 0 Å². The average molecular weight is 184 g/mol. The van der Waals surface area contributed by atoms with Crippen molar-refractivity contribution in [2.75, 3.05) is 13.6 Å². The van der Waals surface area contributed by atoms with E-state index in [0.29, 0.717) is 0 Å². The summed E-state index contributed by atoms with van der Waals surface area (Å²) in [5.74, 6) is 0. The molecule has 0 aromatic rings. The second kappa shape index (κ2) is 5.18. The van der Waals surface area contributed by atoms with E-state index >= 15 is 0 Å². The normalized spacial score (nSPS) is 16.8. The molecule has 12 heavy (non-hydrogen) atoms. The molecule has 0 amide bonds. The molecule has 0 aromatic heterocycles. The van der Waals surface area contributed by atoms with E-state index in [1.165, 1.54) is 5.57 Å². The zero-order chi connectivity index (χ0) is 8.81. The van der Waals surface area contributed by atoms with E-state index in [4.69, 9.17) is 11.6 Å². The van der Waals surface area contributed by atoms with Gasteiger partial charge in [0, 0.05) is 5.03 Å². The van der Waals surface area contributed by atoms with Crippen LogP contribution in [0.5, 0.6) is 0 Å². The number of nitrogens with one attached hydrogen (secondary N) is 1. The molecule has 0 heterocycles. The minimum Gasteiger partial charge on any atom is -0.319 e. The molecule has 0 bridgehead atoms. The predicted molar refractivity (Wildman–Crippen MR) is 54.3 cm³/mol. The summed E-state index contributed by atoms with van der Waals surface area (Å²) in [6, 6.07) is 0. The van der Waals surface area contributed by atoms with Gasteiger partial charge in [-0.2, -0.15) is 0 Å². The molecule has 0 atom stereocenters. The molecule has 1 aliphatic carbocycles. The highest BCUT2D eigenvalue weighted by atomic mass is 35.5. The van der Waals surface area contributed by atoms with Gasteiger partial charge in [0.1, 0.15) is 0 Å². The Kier molecular flexibility index (Phi) is 4.12. The van der Waals surface area contributed by atoms with E-state index in [1.807, 2.05) is 19.2 Å². The van der Waals surface area contributed by atoms with E-state index in [9.17, 15) is 0 Å². The number of hydrogen-bond acceptors (Lipinski definition) is 1. The number of rotatable bonds is 3. The smallest absolute Gasteiger partial charge is 0.0402 e. The summed E-state index contributed by atoms with van der Waals surface area (Å²) in [7, 11) is 1.97. The Labute approximate surface area is 78.8 Å². The summed E-state index contributed by atoms with van der Waals surface area (Å²) in [5.41, 5.74) is 1.43. The van der Waals surface area contributed by atoms with Crippen molar-refractivity contribution in [1.29, 1.82) is 0 Å². The molecule has 0 aliphatic heterocycles. The minimum atomic E-state index is 0.814. The molecule has 1 nitrogen and oxygen atoms in total. The molecule has 1 N–H and O–H groups in total. The van der Waals surface area contributed by atoms with Crippen LogP contribution in [-0.4, -0.2) is 13.6 Å². The predicted octanol–water partition coefficient (Wildman–Crippen LogP) is 2.60. The van der Waals surface area contributed by atoms with Gasteiger partial charge in [-0.3, -0.25) is 0 Å². The second-order valence-corrected chi connectivity index (χ2v) is 3.27. The van der Waals surface area contributed by atoms with E-state index in [1.54, 1.807) is 0 Å². The van der Waals surface area contributed by atoms with Gasteiger partial charge in [-0.25, -0.2) is 0 Å². The molecule has 0 radical (unpaired) electrons. The van der Waals surface area contributed by atoms with E-state index in [2.05, 4.69) is 17.5 Å². The van der Waals surface area contributed by atoms with Crippen LogP contribution in [-0.2, 0) is 0 Å². The molecule has 2 heteroatoms. The highest BCUT2D eigenvalue weighted by molar-refractivity contribution is 6.31. The zero-order valence-electron chi connectivity index (χ0n) is 7.31. The van der Waals surface area contributed by atoms with E-state index in [0.717, 1.165) is 24.4 Å². The van der Waals surface area contributed by atoms with Gasteiger partial charge < -0.3 is 5.32 Å². The van der Waals surface area contributed by atoms with Crippen molar-refractivity contribution in [1.82, 2.24) is 5.32 Å². The molecular weight excluding hydrogens is 170 g/mol. The van der Waals surface area contributed by atoms with Crippen molar-refractivity contribution in [2.45, 2.75) is 12.8 Å². The minimum absolute atomic E-state index is 0.814. The van der Waals surface area contributed by atoms with Crippen molar-refractivity contribution in [2.24, 2.45) is 0 Å². The molecule has 0 saturated carbocycles. The van der Waals surface area contributed by atoms with Crippen molar-refractivity contribution < 1.29 is 0 Å². The monoisotopic (exact) mass is 183 g/mol. The van der Waals surface area contributed by atoms with Gasteiger partial charge in [0.05, 0.1) is 0 Å². The molecule has 0 spiro atoms. The maximum Gasteiger partial charge on any atom is 0.0402 e. The SMILES string of the molecule is CNCCC1=CC=C(Cl)C=CC1. The molecular formula is C10H14ClN. The Hall–Kier alpha value is -0.530. The maximum absolute atomic E-state index is 5.83. The van der Waals surface area contributed by atoms with Crippen LogP contribution in [0.1, 0.15) is 12.8 Å². The number of hydrogen-bond donors (Lipinski definition) is 1. The maximum atomic E-state index is 5.83. The van der Waals surface area contributed by atoms with Crippen molar-refractivity contribution in [3.63, 3.8) is 0 Å².